The molecule has 1 aromatic heterocycles. The Kier molecular flexibility index (Phi) is 3.05. The molecule has 0 aliphatic carbocycles. The number of rotatable bonds is 2. The molecule has 0 aliphatic rings. The fourth-order valence-corrected chi connectivity index (χ4v) is 1.64. The minimum Gasteiger partial charge on any atom is -0.433 e. The number of hydrogen-bond donors (Lipinski definition) is 1. The lowest BCUT2D eigenvalue weighted by Gasteiger charge is -2.09. The number of anilines is 1. The molecule has 0 saturated carbocycles. The Morgan fingerprint density at radius 2 is 2.06 bits per heavy atom. The van der Waals surface area contributed by atoms with Crippen LogP contribution in [0.2, 0.25) is 0 Å². The molecule has 1 aromatic carbocycles. The van der Waals surface area contributed by atoms with Gasteiger partial charge in [0.15, 0.2) is 11.6 Å². The molecule has 0 aliphatic heterocycles. The molecule has 0 atom stereocenters. The average molecular weight is 283 g/mol. The van der Waals surface area contributed by atoms with Gasteiger partial charge in [-0.05, 0) is 40.2 Å². The monoisotopic (exact) mass is 282 g/mol. The van der Waals surface area contributed by atoms with Gasteiger partial charge in [-0.3, -0.25) is 0 Å². The smallest absolute Gasteiger partial charge is 0.255 e. The Hall–Kier alpha value is -1.62. The maximum Gasteiger partial charge on any atom is 0.255 e. The Morgan fingerprint density at radius 1 is 1.25 bits per heavy atom. The number of benzene rings is 1. The number of aromatic nitrogens is 1. The molecule has 0 amide bonds. The van der Waals surface area contributed by atoms with Crippen molar-refractivity contribution in [2.24, 2.45) is 0 Å². The third-order valence-electron chi connectivity index (χ3n) is 1.92. The van der Waals surface area contributed by atoms with Gasteiger partial charge in [0.1, 0.15) is 0 Å². The van der Waals surface area contributed by atoms with Crippen LogP contribution in [0.1, 0.15) is 0 Å². The van der Waals surface area contributed by atoms with Crippen molar-refractivity contribution >= 4 is 21.6 Å². The lowest BCUT2D eigenvalue weighted by atomic mass is 10.3. The lowest BCUT2D eigenvalue weighted by Crippen LogP contribution is -1.96. The molecule has 16 heavy (non-hydrogen) atoms. The van der Waals surface area contributed by atoms with E-state index in [2.05, 4.69) is 20.9 Å². The first-order chi connectivity index (χ1) is 7.68. The Bertz CT molecular complexity index is 499. The molecule has 0 bridgehead atoms. The van der Waals surface area contributed by atoms with E-state index < -0.39 is 5.82 Å². The second kappa shape index (κ2) is 4.49. The van der Waals surface area contributed by atoms with Crippen LogP contribution in [0.15, 0.2) is 41.0 Å². The van der Waals surface area contributed by atoms with Crippen molar-refractivity contribution in [1.82, 2.24) is 4.98 Å². The van der Waals surface area contributed by atoms with Gasteiger partial charge in [-0.15, -0.1) is 0 Å². The highest BCUT2D eigenvalue weighted by Gasteiger charge is 2.10. The van der Waals surface area contributed by atoms with Crippen LogP contribution < -0.4 is 10.5 Å². The van der Waals surface area contributed by atoms with Crippen molar-refractivity contribution in [1.29, 1.82) is 0 Å². The van der Waals surface area contributed by atoms with E-state index in [0.29, 0.717) is 15.9 Å². The Balaban J connectivity index is 2.38. The first-order valence-corrected chi connectivity index (χ1v) is 5.30. The van der Waals surface area contributed by atoms with E-state index >= 15 is 0 Å². The number of nitrogen functional groups attached to an aromatic ring is 1. The summed E-state index contributed by atoms with van der Waals surface area (Å²) in [5, 5.41) is 0. The van der Waals surface area contributed by atoms with Gasteiger partial charge < -0.3 is 10.5 Å². The minimum absolute atomic E-state index is 0.0962. The number of halogens is 2. The summed E-state index contributed by atoms with van der Waals surface area (Å²) >= 11 is 3.27. The zero-order chi connectivity index (χ0) is 11.5. The summed E-state index contributed by atoms with van der Waals surface area (Å²) in [6.45, 7) is 0. The Morgan fingerprint density at radius 3 is 2.75 bits per heavy atom. The van der Waals surface area contributed by atoms with Gasteiger partial charge in [0.05, 0.1) is 10.2 Å². The predicted molar refractivity (Wildman–Crippen MR) is 62.8 cm³/mol. The lowest BCUT2D eigenvalue weighted by molar-refractivity contribution is 0.422. The normalized spacial score (nSPS) is 10.1. The topological polar surface area (TPSA) is 48.1 Å². The average Bonchev–Trinajstić information content (AvgIpc) is 2.26. The molecule has 0 saturated heterocycles. The van der Waals surface area contributed by atoms with E-state index in [0.717, 1.165) is 0 Å². The SMILES string of the molecule is Nc1cccc(Br)c1Oc1ncccc1F. The van der Waals surface area contributed by atoms with Gasteiger partial charge in [0, 0.05) is 6.20 Å². The molecule has 2 N–H and O–H groups in total. The van der Waals surface area contributed by atoms with E-state index in [4.69, 9.17) is 10.5 Å². The quantitative estimate of drug-likeness (QED) is 0.860. The van der Waals surface area contributed by atoms with Crippen LogP contribution in [-0.4, -0.2) is 4.98 Å². The van der Waals surface area contributed by atoms with Gasteiger partial charge in [0.25, 0.3) is 5.88 Å². The second-order valence-corrected chi connectivity index (χ2v) is 3.90. The minimum atomic E-state index is -0.530. The van der Waals surface area contributed by atoms with Crippen LogP contribution in [0.25, 0.3) is 0 Å². The molecule has 3 nitrogen and oxygen atoms in total. The molecule has 0 spiro atoms. The van der Waals surface area contributed by atoms with Gasteiger partial charge in [-0.1, -0.05) is 6.07 Å². The van der Waals surface area contributed by atoms with E-state index in [-0.39, 0.29) is 5.88 Å². The van der Waals surface area contributed by atoms with Gasteiger partial charge in [-0.2, -0.15) is 0 Å². The molecule has 0 fully saturated rings. The molecule has 2 rings (SSSR count). The Labute approximate surface area is 100 Å². The zero-order valence-corrected chi connectivity index (χ0v) is 9.74. The third kappa shape index (κ3) is 2.14. The van der Waals surface area contributed by atoms with Crippen LogP contribution in [0.3, 0.4) is 0 Å². The number of para-hydroxylation sites is 1. The molecular formula is C11H8BrFN2O. The molecule has 1 heterocycles. The second-order valence-electron chi connectivity index (χ2n) is 3.05. The van der Waals surface area contributed by atoms with Crippen LogP contribution in [0.4, 0.5) is 10.1 Å². The predicted octanol–water partition coefficient (Wildman–Crippen LogP) is 3.36. The molecule has 82 valence electrons. The number of hydrogen-bond acceptors (Lipinski definition) is 3. The summed E-state index contributed by atoms with van der Waals surface area (Å²) in [4.78, 5) is 3.78. The first-order valence-electron chi connectivity index (χ1n) is 4.51. The molecule has 2 aromatic rings. The summed E-state index contributed by atoms with van der Waals surface area (Å²) < 4.78 is 19.3. The van der Waals surface area contributed by atoms with Crippen molar-refractivity contribution in [3.8, 4) is 11.6 Å². The molecule has 0 radical (unpaired) electrons. The van der Waals surface area contributed by atoms with Crippen molar-refractivity contribution in [2.45, 2.75) is 0 Å². The molecular weight excluding hydrogens is 275 g/mol. The van der Waals surface area contributed by atoms with Crippen LogP contribution in [-0.2, 0) is 0 Å². The standard InChI is InChI=1S/C11H8BrFN2O/c12-7-3-1-5-9(14)10(7)16-11-8(13)4-2-6-15-11/h1-6H,14H2. The molecule has 5 heteroatoms. The number of nitrogens with two attached hydrogens (primary N) is 1. The highest BCUT2D eigenvalue weighted by molar-refractivity contribution is 9.10. The summed E-state index contributed by atoms with van der Waals surface area (Å²) in [6, 6.07) is 7.95. The largest absolute Gasteiger partial charge is 0.433 e. The summed E-state index contributed by atoms with van der Waals surface area (Å²) in [6.07, 6.45) is 1.45. The van der Waals surface area contributed by atoms with Crippen molar-refractivity contribution in [3.05, 3.63) is 46.8 Å². The van der Waals surface area contributed by atoms with Gasteiger partial charge in [-0.25, -0.2) is 9.37 Å². The van der Waals surface area contributed by atoms with E-state index in [1.165, 1.54) is 18.3 Å². The highest BCUT2D eigenvalue weighted by Crippen LogP contribution is 2.34. The van der Waals surface area contributed by atoms with E-state index in [1.54, 1.807) is 18.2 Å². The third-order valence-corrected chi connectivity index (χ3v) is 2.55. The summed E-state index contributed by atoms with van der Waals surface area (Å²) in [5.41, 5.74) is 6.13. The molecule has 0 unspecified atom stereocenters. The summed E-state index contributed by atoms with van der Waals surface area (Å²) in [5.74, 6) is -0.265. The number of ether oxygens (including phenoxy) is 1. The number of pyridine rings is 1. The van der Waals surface area contributed by atoms with Gasteiger partial charge >= 0.3 is 0 Å². The first kappa shape index (κ1) is 10.9. The van der Waals surface area contributed by atoms with Crippen molar-refractivity contribution < 1.29 is 9.13 Å². The fourth-order valence-electron chi connectivity index (χ4n) is 1.18. The van der Waals surface area contributed by atoms with Crippen molar-refractivity contribution in [3.63, 3.8) is 0 Å². The number of nitrogens with zero attached hydrogens (tertiary/aromatic N) is 1. The van der Waals surface area contributed by atoms with Gasteiger partial charge in [0.2, 0.25) is 0 Å². The van der Waals surface area contributed by atoms with Crippen LogP contribution in [0, 0.1) is 5.82 Å². The van der Waals surface area contributed by atoms with Crippen LogP contribution in [0.5, 0.6) is 11.6 Å². The highest BCUT2D eigenvalue weighted by atomic mass is 79.9. The van der Waals surface area contributed by atoms with Crippen LogP contribution >= 0.6 is 15.9 Å². The van der Waals surface area contributed by atoms with E-state index in [9.17, 15) is 4.39 Å². The summed E-state index contributed by atoms with van der Waals surface area (Å²) in [7, 11) is 0. The fraction of sp³-hybridized carbons (Fsp3) is 0. The van der Waals surface area contributed by atoms with Crippen molar-refractivity contribution in [2.75, 3.05) is 5.73 Å². The zero-order valence-electron chi connectivity index (χ0n) is 8.15. The van der Waals surface area contributed by atoms with E-state index in [1.807, 2.05) is 0 Å². The maximum atomic E-state index is 13.3. The maximum absolute atomic E-state index is 13.3.